The third-order valence-corrected chi connectivity index (χ3v) is 5.74. The van der Waals surface area contributed by atoms with Crippen LogP contribution < -0.4 is 4.74 Å². The molecule has 0 heterocycles. The summed E-state index contributed by atoms with van der Waals surface area (Å²) in [6.45, 7) is 9.64. The average molecular weight is 360 g/mol. The third kappa shape index (κ3) is 5.09. The summed E-state index contributed by atoms with van der Waals surface area (Å²) in [5.74, 6) is 0.343. The minimum Gasteiger partial charge on any atom is -0.459 e. The zero-order valence-corrected chi connectivity index (χ0v) is 16.8. The lowest BCUT2D eigenvalue weighted by Gasteiger charge is -2.34. The van der Waals surface area contributed by atoms with Gasteiger partial charge in [-0.1, -0.05) is 26.0 Å². The fourth-order valence-electron chi connectivity index (χ4n) is 3.77. The Morgan fingerprint density at radius 3 is 2.27 bits per heavy atom. The Labute approximate surface area is 157 Å². The van der Waals surface area contributed by atoms with Crippen molar-refractivity contribution in [3.8, 4) is 5.75 Å². The second-order valence-corrected chi connectivity index (χ2v) is 8.23. The van der Waals surface area contributed by atoms with Crippen LogP contribution in [0.1, 0.15) is 84.6 Å². The number of carbonyl (C=O) groups excluding carboxylic acids is 2. The Morgan fingerprint density at radius 2 is 1.77 bits per heavy atom. The first kappa shape index (κ1) is 20.5. The standard InChI is InChI=1S/C22H32O4/c1-6-21(4,20(24)26-22(5)13-7-8-14-22)15-16(2)18-9-11-19(12-10-18)25-17(3)23/h9-12,16H,6-8,13-15H2,1-5H3. The van der Waals surface area contributed by atoms with Crippen LogP contribution in [0.2, 0.25) is 0 Å². The van der Waals surface area contributed by atoms with E-state index in [-0.39, 0.29) is 23.5 Å². The molecule has 4 heteroatoms. The fourth-order valence-corrected chi connectivity index (χ4v) is 3.77. The molecule has 0 saturated heterocycles. The molecular weight excluding hydrogens is 328 g/mol. The fraction of sp³-hybridized carbons (Fsp3) is 0.636. The summed E-state index contributed by atoms with van der Waals surface area (Å²) in [7, 11) is 0. The van der Waals surface area contributed by atoms with Gasteiger partial charge < -0.3 is 9.47 Å². The molecule has 26 heavy (non-hydrogen) atoms. The predicted octanol–water partition coefficient (Wildman–Crippen LogP) is 5.40. The van der Waals surface area contributed by atoms with Crippen LogP contribution in [-0.2, 0) is 14.3 Å². The van der Waals surface area contributed by atoms with Gasteiger partial charge >= 0.3 is 11.9 Å². The van der Waals surface area contributed by atoms with Crippen LogP contribution in [0.3, 0.4) is 0 Å². The largest absolute Gasteiger partial charge is 0.459 e. The monoisotopic (exact) mass is 360 g/mol. The van der Waals surface area contributed by atoms with E-state index >= 15 is 0 Å². The Kier molecular flexibility index (Phi) is 6.48. The van der Waals surface area contributed by atoms with Gasteiger partial charge in [0.2, 0.25) is 0 Å². The summed E-state index contributed by atoms with van der Waals surface area (Å²) < 4.78 is 11.0. The highest BCUT2D eigenvalue weighted by Gasteiger charge is 2.40. The lowest BCUT2D eigenvalue weighted by atomic mass is 9.77. The van der Waals surface area contributed by atoms with Crippen molar-refractivity contribution in [3.05, 3.63) is 29.8 Å². The summed E-state index contributed by atoms with van der Waals surface area (Å²) in [6.07, 6.45) is 5.68. The van der Waals surface area contributed by atoms with Crippen LogP contribution in [0.5, 0.6) is 5.75 Å². The van der Waals surface area contributed by atoms with Crippen molar-refractivity contribution < 1.29 is 19.1 Å². The van der Waals surface area contributed by atoms with E-state index in [1.165, 1.54) is 6.92 Å². The number of hydrogen-bond donors (Lipinski definition) is 0. The minimum absolute atomic E-state index is 0.0761. The normalized spacial score (nSPS) is 19.4. The highest BCUT2D eigenvalue weighted by molar-refractivity contribution is 5.77. The van der Waals surface area contributed by atoms with Crippen LogP contribution in [0.15, 0.2) is 24.3 Å². The maximum atomic E-state index is 12.9. The summed E-state index contributed by atoms with van der Waals surface area (Å²) >= 11 is 0. The molecule has 1 fully saturated rings. The number of carbonyl (C=O) groups is 2. The average Bonchev–Trinajstić information content (AvgIpc) is 3.00. The molecule has 0 spiro atoms. The molecule has 1 aromatic carbocycles. The number of rotatable bonds is 7. The van der Waals surface area contributed by atoms with E-state index < -0.39 is 5.41 Å². The van der Waals surface area contributed by atoms with Crippen LogP contribution in [0.4, 0.5) is 0 Å². The van der Waals surface area contributed by atoms with E-state index in [0.29, 0.717) is 5.75 Å². The van der Waals surface area contributed by atoms with Gasteiger partial charge in [0.1, 0.15) is 11.4 Å². The maximum absolute atomic E-state index is 12.9. The first-order valence-electron chi connectivity index (χ1n) is 9.69. The smallest absolute Gasteiger partial charge is 0.312 e. The predicted molar refractivity (Wildman–Crippen MR) is 102 cm³/mol. The topological polar surface area (TPSA) is 52.6 Å². The lowest BCUT2D eigenvalue weighted by molar-refractivity contribution is -0.170. The molecule has 1 aliphatic rings. The summed E-state index contributed by atoms with van der Waals surface area (Å²) in [4.78, 5) is 23.9. The molecule has 2 atom stereocenters. The van der Waals surface area contributed by atoms with Crippen LogP contribution >= 0.6 is 0 Å². The first-order valence-corrected chi connectivity index (χ1v) is 9.69. The van der Waals surface area contributed by atoms with Crippen molar-refractivity contribution in [2.75, 3.05) is 0 Å². The molecule has 1 aromatic rings. The van der Waals surface area contributed by atoms with E-state index in [0.717, 1.165) is 44.1 Å². The highest BCUT2D eigenvalue weighted by Crippen LogP contribution is 2.40. The van der Waals surface area contributed by atoms with Crippen LogP contribution in [0, 0.1) is 5.41 Å². The number of hydrogen-bond acceptors (Lipinski definition) is 4. The molecule has 1 aliphatic carbocycles. The number of ether oxygens (including phenoxy) is 2. The minimum atomic E-state index is -0.500. The van der Waals surface area contributed by atoms with Crippen molar-refractivity contribution in [2.45, 2.75) is 84.7 Å². The molecule has 2 rings (SSSR count). The van der Waals surface area contributed by atoms with Crippen LogP contribution in [0.25, 0.3) is 0 Å². The molecule has 0 amide bonds. The van der Waals surface area contributed by atoms with E-state index in [2.05, 4.69) is 20.8 Å². The maximum Gasteiger partial charge on any atom is 0.312 e. The second kappa shape index (κ2) is 8.24. The van der Waals surface area contributed by atoms with Gasteiger partial charge in [-0.25, -0.2) is 0 Å². The van der Waals surface area contributed by atoms with Gasteiger partial charge in [0, 0.05) is 6.92 Å². The number of benzene rings is 1. The highest BCUT2D eigenvalue weighted by atomic mass is 16.6. The molecule has 1 saturated carbocycles. The Morgan fingerprint density at radius 1 is 1.19 bits per heavy atom. The van der Waals surface area contributed by atoms with E-state index in [9.17, 15) is 9.59 Å². The molecule has 0 aromatic heterocycles. The summed E-state index contributed by atoms with van der Waals surface area (Å²) in [6, 6.07) is 7.52. The molecular formula is C22H32O4. The zero-order chi connectivity index (χ0) is 19.4. The first-order chi connectivity index (χ1) is 12.2. The van der Waals surface area contributed by atoms with Crippen LogP contribution in [-0.4, -0.2) is 17.5 Å². The molecule has 0 bridgehead atoms. The van der Waals surface area contributed by atoms with Crippen molar-refractivity contribution in [3.63, 3.8) is 0 Å². The van der Waals surface area contributed by atoms with Gasteiger partial charge in [-0.05, 0) is 76.0 Å². The molecule has 144 valence electrons. The molecule has 0 N–H and O–H groups in total. The summed E-state index contributed by atoms with van der Waals surface area (Å²) in [5.41, 5.74) is 0.336. The Balaban J connectivity index is 2.04. The van der Waals surface area contributed by atoms with Gasteiger partial charge in [-0.3, -0.25) is 9.59 Å². The second-order valence-electron chi connectivity index (χ2n) is 8.23. The Hall–Kier alpha value is -1.84. The van der Waals surface area contributed by atoms with Gasteiger partial charge in [0.25, 0.3) is 0 Å². The zero-order valence-electron chi connectivity index (χ0n) is 16.8. The van der Waals surface area contributed by atoms with Crippen molar-refractivity contribution in [1.82, 2.24) is 0 Å². The van der Waals surface area contributed by atoms with E-state index in [4.69, 9.17) is 9.47 Å². The van der Waals surface area contributed by atoms with Gasteiger partial charge in [-0.15, -0.1) is 0 Å². The molecule has 0 aliphatic heterocycles. The van der Waals surface area contributed by atoms with E-state index in [1.807, 2.05) is 19.1 Å². The van der Waals surface area contributed by atoms with Crippen molar-refractivity contribution in [2.24, 2.45) is 5.41 Å². The van der Waals surface area contributed by atoms with E-state index in [1.54, 1.807) is 12.1 Å². The van der Waals surface area contributed by atoms with Crippen molar-refractivity contribution >= 4 is 11.9 Å². The number of esters is 2. The quantitative estimate of drug-likeness (QED) is 0.483. The van der Waals surface area contributed by atoms with Gasteiger partial charge in [-0.2, -0.15) is 0 Å². The molecule has 4 nitrogen and oxygen atoms in total. The SMILES string of the molecule is CCC(C)(CC(C)c1ccc(OC(C)=O)cc1)C(=O)OC1(C)CCCC1. The third-order valence-electron chi connectivity index (χ3n) is 5.74. The van der Waals surface area contributed by atoms with Gasteiger partial charge in [0.05, 0.1) is 5.41 Å². The molecule has 0 radical (unpaired) electrons. The van der Waals surface area contributed by atoms with Gasteiger partial charge in [0.15, 0.2) is 0 Å². The Bertz CT molecular complexity index is 628. The lowest BCUT2D eigenvalue weighted by Crippen LogP contribution is -2.38. The molecule has 2 unspecified atom stereocenters. The van der Waals surface area contributed by atoms with Crippen molar-refractivity contribution in [1.29, 1.82) is 0 Å². The summed E-state index contributed by atoms with van der Waals surface area (Å²) in [5, 5.41) is 0.